The highest BCUT2D eigenvalue weighted by Crippen LogP contribution is 2.29. The number of anilines is 2. The fraction of sp³-hybridized carbons (Fsp3) is 0.286. The minimum Gasteiger partial charge on any atom is -0.389 e. The van der Waals surface area contributed by atoms with Gasteiger partial charge in [-0.25, -0.2) is 9.37 Å². The zero-order chi connectivity index (χ0) is 14.9. The van der Waals surface area contributed by atoms with Gasteiger partial charge in [0, 0.05) is 16.4 Å². The third-order valence-electron chi connectivity index (χ3n) is 2.76. The Kier molecular flexibility index (Phi) is 4.06. The van der Waals surface area contributed by atoms with Crippen molar-refractivity contribution in [2.24, 2.45) is 5.73 Å². The summed E-state index contributed by atoms with van der Waals surface area (Å²) in [5, 5.41) is 5.89. The summed E-state index contributed by atoms with van der Waals surface area (Å²) >= 11 is 6.44. The number of aromatic nitrogens is 1. The zero-order valence-corrected chi connectivity index (χ0v) is 13.2. The molecule has 3 N–H and O–H groups in total. The minimum atomic E-state index is -0.368. The molecule has 3 nitrogen and oxygen atoms in total. The highest BCUT2D eigenvalue weighted by Gasteiger charge is 2.18. The molecule has 0 unspecified atom stereocenters. The summed E-state index contributed by atoms with van der Waals surface area (Å²) in [7, 11) is 0. The van der Waals surface area contributed by atoms with Crippen molar-refractivity contribution in [3.05, 3.63) is 40.7 Å². The van der Waals surface area contributed by atoms with Crippen LogP contribution in [-0.4, -0.2) is 9.97 Å². The van der Waals surface area contributed by atoms with Gasteiger partial charge in [-0.3, -0.25) is 0 Å². The Morgan fingerprint density at radius 3 is 2.65 bits per heavy atom. The lowest BCUT2D eigenvalue weighted by atomic mass is 9.93. The molecule has 0 aliphatic heterocycles. The van der Waals surface area contributed by atoms with Crippen LogP contribution in [0.2, 0.25) is 0 Å². The maximum atomic E-state index is 13.3. The Morgan fingerprint density at radius 2 is 2.10 bits per heavy atom. The molecule has 1 aromatic heterocycles. The number of nitrogens with zero attached hydrogens (tertiary/aromatic N) is 1. The minimum absolute atomic E-state index is 0.00871. The van der Waals surface area contributed by atoms with Crippen molar-refractivity contribution < 1.29 is 4.39 Å². The maximum Gasteiger partial charge on any atom is 0.187 e. The van der Waals surface area contributed by atoms with Gasteiger partial charge in [-0.2, -0.15) is 0 Å². The van der Waals surface area contributed by atoms with E-state index in [1.807, 2.05) is 5.38 Å². The van der Waals surface area contributed by atoms with Crippen LogP contribution in [0.25, 0.3) is 0 Å². The molecule has 6 heteroatoms. The topological polar surface area (TPSA) is 50.9 Å². The van der Waals surface area contributed by atoms with Crippen LogP contribution < -0.4 is 11.1 Å². The van der Waals surface area contributed by atoms with Crippen molar-refractivity contribution in [1.82, 2.24) is 4.98 Å². The summed E-state index contributed by atoms with van der Waals surface area (Å²) in [5.74, 6) is -0.368. The number of nitrogens with two attached hydrogens (primary N) is 1. The molecule has 1 heterocycles. The molecule has 0 bridgehead atoms. The van der Waals surface area contributed by atoms with Crippen molar-refractivity contribution in [3.63, 3.8) is 0 Å². The number of rotatable bonds is 3. The molecule has 106 valence electrons. The Bertz CT molecular complexity index is 644. The molecule has 0 fully saturated rings. The van der Waals surface area contributed by atoms with Gasteiger partial charge in [0.2, 0.25) is 0 Å². The van der Waals surface area contributed by atoms with Gasteiger partial charge in [0.25, 0.3) is 0 Å². The first kappa shape index (κ1) is 14.9. The molecule has 20 heavy (non-hydrogen) atoms. The van der Waals surface area contributed by atoms with E-state index in [9.17, 15) is 4.39 Å². The van der Waals surface area contributed by atoms with Crippen LogP contribution in [0.15, 0.2) is 23.6 Å². The van der Waals surface area contributed by atoms with Crippen molar-refractivity contribution in [1.29, 1.82) is 0 Å². The third kappa shape index (κ3) is 3.32. The first-order valence-corrected chi connectivity index (χ1v) is 7.38. The molecule has 2 rings (SSSR count). The van der Waals surface area contributed by atoms with E-state index >= 15 is 0 Å². The van der Waals surface area contributed by atoms with E-state index in [4.69, 9.17) is 18.0 Å². The molecule has 1 aromatic carbocycles. The van der Waals surface area contributed by atoms with Crippen LogP contribution in [0, 0.1) is 5.82 Å². The molecule has 0 aliphatic carbocycles. The van der Waals surface area contributed by atoms with Crippen LogP contribution in [0.4, 0.5) is 15.2 Å². The highest BCUT2D eigenvalue weighted by atomic mass is 32.1. The second kappa shape index (κ2) is 5.46. The van der Waals surface area contributed by atoms with E-state index in [2.05, 4.69) is 31.1 Å². The molecular formula is C14H16FN3S2. The summed E-state index contributed by atoms with van der Waals surface area (Å²) in [6, 6.07) is 4.30. The average Bonchev–Trinajstić information content (AvgIpc) is 2.79. The zero-order valence-electron chi connectivity index (χ0n) is 11.5. The van der Waals surface area contributed by atoms with E-state index < -0.39 is 0 Å². The fourth-order valence-corrected chi connectivity index (χ4v) is 2.74. The lowest BCUT2D eigenvalue weighted by Crippen LogP contribution is -2.13. The standard InChI is InChI=1S/C14H16FN3S2/c1-14(2,3)11-7-20-13(18-11)17-10-5-4-8(15)6-9(10)12(16)19/h4-7H,1-3H3,(H2,16,19)(H,17,18). The summed E-state index contributed by atoms with van der Waals surface area (Å²) in [4.78, 5) is 4.68. The number of hydrogen-bond donors (Lipinski definition) is 2. The molecule has 0 amide bonds. The second-order valence-electron chi connectivity index (χ2n) is 5.47. The van der Waals surface area contributed by atoms with Gasteiger partial charge in [0.15, 0.2) is 5.13 Å². The van der Waals surface area contributed by atoms with Gasteiger partial charge >= 0.3 is 0 Å². The number of hydrogen-bond acceptors (Lipinski definition) is 4. The molecule has 0 saturated heterocycles. The van der Waals surface area contributed by atoms with Crippen LogP contribution in [0.1, 0.15) is 32.0 Å². The van der Waals surface area contributed by atoms with E-state index in [-0.39, 0.29) is 16.2 Å². The van der Waals surface area contributed by atoms with E-state index in [0.29, 0.717) is 11.3 Å². The molecule has 0 aliphatic rings. The fourth-order valence-electron chi connectivity index (χ4n) is 1.62. The number of nitrogens with one attached hydrogen (secondary N) is 1. The number of halogens is 1. The summed E-state index contributed by atoms with van der Waals surface area (Å²) in [6.45, 7) is 6.30. The predicted octanol–water partition coefficient (Wildman–Crippen LogP) is 3.96. The quantitative estimate of drug-likeness (QED) is 0.843. The lowest BCUT2D eigenvalue weighted by molar-refractivity contribution is 0.573. The molecule has 0 radical (unpaired) electrons. The van der Waals surface area contributed by atoms with Crippen molar-refractivity contribution in [2.45, 2.75) is 26.2 Å². The average molecular weight is 309 g/mol. The predicted molar refractivity (Wildman–Crippen MR) is 86.4 cm³/mol. The van der Waals surface area contributed by atoms with Gasteiger partial charge < -0.3 is 11.1 Å². The van der Waals surface area contributed by atoms with Crippen LogP contribution in [0.5, 0.6) is 0 Å². The monoisotopic (exact) mass is 309 g/mol. The summed E-state index contributed by atoms with van der Waals surface area (Å²) in [5.41, 5.74) is 7.75. The number of thiocarbonyl (C=S) groups is 1. The van der Waals surface area contributed by atoms with Gasteiger partial charge in [0.05, 0.1) is 11.4 Å². The molecule has 0 spiro atoms. The van der Waals surface area contributed by atoms with Gasteiger partial charge in [0.1, 0.15) is 10.8 Å². The highest BCUT2D eigenvalue weighted by molar-refractivity contribution is 7.80. The van der Waals surface area contributed by atoms with Crippen LogP contribution >= 0.6 is 23.6 Å². The summed E-state index contributed by atoms with van der Waals surface area (Å²) in [6.07, 6.45) is 0. The largest absolute Gasteiger partial charge is 0.389 e. The smallest absolute Gasteiger partial charge is 0.187 e. The second-order valence-corrected chi connectivity index (χ2v) is 6.76. The molecule has 0 saturated carbocycles. The van der Waals surface area contributed by atoms with E-state index in [0.717, 1.165) is 10.8 Å². The Morgan fingerprint density at radius 1 is 1.40 bits per heavy atom. The molecule has 0 atom stereocenters. The van der Waals surface area contributed by atoms with Crippen molar-refractivity contribution >= 4 is 39.4 Å². The Labute approximate surface area is 127 Å². The van der Waals surface area contributed by atoms with Gasteiger partial charge in [-0.1, -0.05) is 33.0 Å². The van der Waals surface area contributed by atoms with Crippen LogP contribution in [0.3, 0.4) is 0 Å². The van der Waals surface area contributed by atoms with Crippen LogP contribution in [-0.2, 0) is 5.41 Å². The summed E-state index contributed by atoms with van der Waals surface area (Å²) < 4.78 is 13.3. The number of thiazole rings is 1. The molecular weight excluding hydrogens is 293 g/mol. The third-order valence-corrected chi connectivity index (χ3v) is 3.74. The normalized spacial score (nSPS) is 11.4. The van der Waals surface area contributed by atoms with Crippen molar-refractivity contribution in [3.8, 4) is 0 Å². The Balaban J connectivity index is 2.31. The number of benzene rings is 1. The van der Waals surface area contributed by atoms with E-state index in [1.165, 1.54) is 23.5 Å². The SMILES string of the molecule is CC(C)(C)c1csc(Nc2ccc(F)cc2C(N)=S)n1. The van der Waals surface area contributed by atoms with Crippen molar-refractivity contribution in [2.75, 3.05) is 5.32 Å². The first-order valence-electron chi connectivity index (χ1n) is 6.10. The van der Waals surface area contributed by atoms with E-state index in [1.54, 1.807) is 6.07 Å². The van der Waals surface area contributed by atoms with Gasteiger partial charge in [-0.05, 0) is 18.2 Å². The molecule has 2 aromatic rings. The lowest BCUT2D eigenvalue weighted by Gasteiger charge is -2.14. The Hall–Kier alpha value is -1.53. The maximum absolute atomic E-state index is 13.3. The first-order chi connectivity index (χ1) is 9.27. The van der Waals surface area contributed by atoms with Gasteiger partial charge in [-0.15, -0.1) is 11.3 Å².